The van der Waals surface area contributed by atoms with Gasteiger partial charge in [0.25, 0.3) is 5.91 Å². The molecule has 3 aliphatic heterocycles. The highest BCUT2D eigenvalue weighted by molar-refractivity contribution is 14.1. The lowest BCUT2D eigenvalue weighted by atomic mass is 9.82. The molecule has 1 N–H and O–H groups in total. The highest BCUT2D eigenvalue weighted by Crippen LogP contribution is 2.60. The Morgan fingerprint density at radius 2 is 1.66 bits per heavy atom. The van der Waals surface area contributed by atoms with Gasteiger partial charge in [0.05, 0.1) is 52.6 Å². The molecule has 0 saturated carbocycles. The largest absolute Gasteiger partial charge is 0.497 e. The zero-order valence-corrected chi connectivity index (χ0v) is 34.1. The molecule has 3 heterocycles. The van der Waals surface area contributed by atoms with Gasteiger partial charge < -0.3 is 24.4 Å². The van der Waals surface area contributed by atoms with Gasteiger partial charge in [0.15, 0.2) is 5.60 Å². The Morgan fingerprint density at radius 3 is 2.34 bits per heavy atom. The van der Waals surface area contributed by atoms with Crippen LogP contribution >= 0.6 is 45.2 Å². The summed E-state index contributed by atoms with van der Waals surface area (Å²) >= 11 is 4.61. The monoisotopic (exact) mass is 912 g/mol. The fraction of sp³-hybridized carbons (Fsp3) is 0.350. The predicted octanol–water partition coefficient (Wildman–Crippen LogP) is 7.00. The van der Waals surface area contributed by atoms with Crippen LogP contribution < -0.4 is 14.8 Å². The SMILES string of the molecule is COc1ccc([Si](C)(C)[C@@H]2[C@@H](CC(=O)N3Cc4ccccc4C[C@H]3CO)O[C@]3(C(=O)N(Cc4ccc(I)cc4)c4ccc(I)cc43)[C@H]2C)cc1. The molecule has 0 radical (unpaired) electrons. The van der Waals surface area contributed by atoms with Crippen molar-refractivity contribution in [1.82, 2.24) is 4.90 Å². The van der Waals surface area contributed by atoms with Gasteiger partial charge in [0.2, 0.25) is 5.91 Å². The van der Waals surface area contributed by atoms with Crippen LogP contribution in [0.3, 0.4) is 0 Å². The number of aliphatic hydroxyl groups excluding tert-OH is 1. The van der Waals surface area contributed by atoms with Crippen LogP contribution in [0.15, 0.2) is 91.0 Å². The average Bonchev–Trinajstić information content (AvgIpc) is 3.54. The van der Waals surface area contributed by atoms with E-state index in [0.717, 1.165) is 35.3 Å². The molecule has 50 heavy (non-hydrogen) atoms. The number of fused-ring (bicyclic) bond motifs is 3. The van der Waals surface area contributed by atoms with E-state index in [1.165, 1.54) is 10.8 Å². The van der Waals surface area contributed by atoms with Crippen molar-refractivity contribution in [1.29, 1.82) is 0 Å². The van der Waals surface area contributed by atoms with E-state index in [2.05, 4.69) is 120 Å². The van der Waals surface area contributed by atoms with E-state index in [4.69, 9.17) is 9.47 Å². The number of halogens is 2. The first-order chi connectivity index (χ1) is 24.0. The lowest BCUT2D eigenvalue weighted by molar-refractivity contribution is -0.151. The van der Waals surface area contributed by atoms with Crippen LogP contribution in [0.25, 0.3) is 0 Å². The van der Waals surface area contributed by atoms with Gasteiger partial charge in [0.1, 0.15) is 5.75 Å². The number of benzene rings is 4. The number of carbonyl (C=O) groups is 2. The summed E-state index contributed by atoms with van der Waals surface area (Å²) in [6.45, 7) is 7.60. The molecule has 7 rings (SSSR count). The molecule has 3 aliphatic rings. The van der Waals surface area contributed by atoms with Crippen molar-refractivity contribution in [3.63, 3.8) is 0 Å². The number of ether oxygens (including phenoxy) is 2. The van der Waals surface area contributed by atoms with Gasteiger partial charge in [0, 0.05) is 25.2 Å². The van der Waals surface area contributed by atoms with Gasteiger partial charge in [-0.2, -0.15) is 0 Å². The number of rotatable bonds is 8. The predicted molar refractivity (Wildman–Crippen MR) is 215 cm³/mol. The summed E-state index contributed by atoms with van der Waals surface area (Å²) in [4.78, 5) is 33.3. The van der Waals surface area contributed by atoms with Crippen LogP contribution in [-0.2, 0) is 39.4 Å². The molecule has 5 atom stereocenters. The minimum absolute atomic E-state index is 0.0543. The number of carbonyl (C=O) groups excluding carboxylic acids is 2. The second-order valence-electron chi connectivity index (χ2n) is 14.4. The van der Waals surface area contributed by atoms with Crippen LogP contribution in [-0.4, -0.2) is 55.8 Å². The van der Waals surface area contributed by atoms with Crippen LogP contribution in [0, 0.1) is 13.1 Å². The van der Waals surface area contributed by atoms with E-state index in [0.29, 0.717) is 19.5 Å². The van der Waals surface area contributed by atoms with Crippen LogP contribution in [0.2, 0.25) is 18.6 Å². The number of anilines is 1. The Bertz CT molecular complexity index is 1920. The molecule has 10 heteroatoms. The molecule has 1 saturated heterocycles. The van der Waals surface area contributed by atoms with Crippen molar-refractivity contribution < 1.29 is 24.2 Å². The lowest BCUT2D eigenvalue weighted by Gasteiger charge is -2.39. The standard InChI is InChI=1S/C40H42I2N2O5Si/c1-25-38(50(3,4)33-16-14-32(48-2)15-17-33)36(21-37(46)43-23-28-8-6-5-7-27(28)19-31(43)24-45)49-40(25)34-20-30(42)13-18-35(34)44(39(40)47)22-26-9-11-29(41)12-10-26/h5-18,20,25,31,36,38,45H,19,21-24H2,1-4H3/t25-,31-,36+,38-,40+/m0/s1. The van der Waals surface area contributed by atoms with Gasteiger partial charge in [-0.05, 0) is 116 Å². The topological polar surface area (TPSA) is 79.3 Å². The van der Waals surface area contributed by atoms with Crippen molar-refractivity contribution in [2.24, 2.45) is 5.92 Å². The summed E-state index contributed by atoms with van der Waals surface area (Å²) in [5.41, 5.74) is 3.75. The molecule has 260 valence electrons. The highest BCUT2D eigenvalue weighted by atomic mass is 127. The fourth-order valence-corrected chi connectivity index (χ4v) is 13.6. The smallest absolute Gasteiger partial charge is 0.264 e. The summed E-state index contributed by atoms with van der Waals surface area (Å²) in [5, 5.41) is 11.7. The average molecular weight is 913 g/mol. The third-order valence-electron chi connectivity index (χ3n) is 11.3. The maximum Gasteiger partial charge on any atom is 0.264 e. The Morgan fingerprint density at radius 1 is 0.980 bits per heavy atom. The second kappa shape index (κ2) is 14.0. The second-order valence-corrected chi connectivity index (χ2v) is 21.5. The number of aliphatic hydroxyl groups is 1. The molecular formula is C40H42I2N2O5Si. The molecule has 7 nitrogen and oxygen atoms in total. The molecule has 0 bridgehead atoms. The minimum atomic E-state index is -2.44. The summed E-state index contributed by atoms with van der Waals surface area (Å²) in [5.74, 6) is 0.450. The van der Waals surface area contributed by atoms with Gasteiger partial charge >= 0.3 is 0 Å². The number of hydrogen-bond donors (Lipinski definition) is 1. The van der Waals surface area contributed by atoms with E-state index >= 15 is 4.79 Å². The van der Waals surface area contributed by atoms with Crippen molar-refractivity contribution >= 4 is 75.9 Å². The van der Waals surface area contributed by atoms with E-state index in [9.17, 15) is 9.90 Å². The molecule has 0 aromatic heterocycles. The molecule has 1 spiro atoms. The Hall–Kier alpha value is -2.78. The molecular weight excluding hydrogens is 870 g/mol. The highest BCUT2D eigenvalue weighted by Gasteiger charge is 2.66. The number of amides is 2. The Kier molecular flexibility index (Phi) is 9.96. The molecule has 2 amide bonds. The molecule has 0 unspecified atom stereocenters. The van der Waals surface area contributed by atoms with Crippen LogP contribution in [0.5, 0.6) is 5.75 Å². The quantitative estimate of drug-likeness (QED) is 0.152. The summed E-state index contributed by atoms with van der Waals surface area (Å²) in [6.07, 6.45) is 0.231. The van der Waals surface area contributed by atoms with Crippen molar-refractivity contribution in [2.75, 3.05) is 18.6 Å². The zero-order valence-electron chi connectivity index (χ0n) is 28.7. The number of hydrogen-bond acceptors (Lipinski definition) is 5. The first-order valence-electron chi connectivity index (χ1n) is 17.1. The maximum absolute atomic E-state index is 15.1. The summed E-state index contributed by atoms with van der Waals surface area (Å²) in [7, 11) is -0.774. The molecule has 4 aromatic rings. The van der Waals surface area contributed by atoms with E-state index in [1.54, 1.807) is 7.11 Å². The van der Waals surface area contributed by atoms with Crippen molar-refractivity contribution in [3.05, 3.63) is 120 Å². The minimum Gasteiger partial charge on any atom is -0.497 e. The maximum atomic E-state index is 15.1. The summed E-state index contributed by atoms with van der Waals surface area (Å²) < 4.78 is 14.9. The van der Waals surface area contributed by atoms with Crippen molar-refractivity contribution in [2.45, 2.75) is 69.2 Å². The first kappa shape index (κ1) is 35.6. The number of methoxy groups -OCH3 is 1. The van der Waals surface area contributed by atoms with E-state index in [1.807, 2.05) is 46.2 Å². The van der Waals surface area contributed by atoms with E-state index < -0.39 is 19.8 Å². The first-order valence-corrected chi connectivity index (χ1v) is 22.4. The van der Waals surface area contributed by atoms with Gasteiger partial charge in [-0.15, -0.1) is 0 Å². The molecule has 0 aliphatic carbocycles. The van der Waals surface area contributed by atoms with Gasteiger partial charge in [-0.3, -0.25) is 9.59 Å². The molecule has 4 aromatic carbocycles. The molecule has 1 fully saturated rings. The third kappa shape index (κ3) is 6.12. The zero-order chi connectivity index (χ0) is 35.4. The van der Waals surface area contributed by atoms with E-state index in [-0.39, 0.29) is 42.3 Å². The normalized spacial score (nSPS) is 24.4. The third-order valence-corrected chi connectivity index (χ3v) is 17.1. The van der Waals surface area contributed by atoms with Crippen LogP contribution in [0.1, 0.15) is 35.6 Å². The van der Waals surface area contributed by atoms with Gasteiger partial charge in [-0.1, -0.05) is 73.7 Å². The van der Waals surface area contributed by atoms with Crippen molar-refractivity contribution in [3.8, 4) is 5.75 Å². The van der Waals surface area contributed by atoms with Crippen LogP contribution in [0.4, 0.5) is 5.69 Å². The Balaban J connectivity index is 1.30. The fourth-order valence-electron chi connectivity index (χ4n) is 8.75. The summed E-state index contributed by atoms with van der Waals surface area (Å²) in [6, 6.07) is 30.6. The number of nitrogens with zero attached hydrogens (tertiary/aromatic N) is 2. The van der Waals surface area contributed by atoms with Gasteiger partial charge in [-0.25, -0.2) is 0 Å². The lowest BCUT2D eigenvalue weighted by Crippen LogP contribution is -2.52. The Labute approximate surface area is 322 Å².